The molecule has 0 bridgehead atoms. The van der Waals surface area contributed by atoms with E-state index in [1.54, 1.807) is 44.5 Å². The molecule has 0 fully saturated rings. The molecular formula is C37H52. The quantitative estimate of drug-likeness (QED) is 0.274. The molecule has 0 heteroatoms. The van der Waals surface area contributed by atoms with Crippen molar-refractivity contribution < 1.29 is 0 Å². The van der Waals surface area contributed by atoms with E-state index in [0.717, 1.165) is 0 Å². The van der Waals surface area contributed by atoms with E-state index in [1.165, 1.54) is 51.4 Å². The predicted molar refractivity (Wildman–Crippen MR) is 164 cm³/mol. The van der Waals surface area contributed by atoms with Gasteiger partial charge in [-0.15, -0.1) is 0 Å². The minimum absolute atomic E-state index is 0.102. The lowest BCUT2D eigenvalue weighted by Gasteiger charge is -2.42. The Kier molecular flexibility index (Phi) is 8.88. The van der Waals surface area contributed by atoms with Gasteiger partial charge in [-0.1, -0.05) is 128 Å². The molecule has 2 aromatic rings. The van der Waals surface area contributed by atoms with E-state index in [1.807, 2.05) is 0 Å². The summed E-state index contributed by atoms with van der Waals surface area (Å²) in [6, 6.07) is 14.4. The number of allylic oxidation sites excluding steroid dienone is 2. The molecule has 0 saturated heterocycles. The topological polar surface area (TPSA) is 0 Å². The zero-order chi connectivity index (χ0) is 26.7. The van der Waals surface area contributed by atoms with Crippen LogP contribution in [0.25, 0.3) is 12.2 Å². The second kappa shape index (κ2) is 11.8. The number of unbranched alkanes of at least 4 members (excludes halogenated alkanes) is 2. The zero-order valence-corrected chi connectivity index (χ0v) is 25.1. The molecule has 2 aromatic carbocycles. The Hall–Kier alpha value is -2.08. The molecule has 2 atom stereocenters. The van der Waals surface area contributed by atoms with E-state index in [-0.39, 0.29) is 5.41 Å². The van der Waals surface area contributed by atoms with E-state index in [2.05, 4.69) is 104 Å². The molecular weight excluding hydrogens is 444 g/mol. The van der Waals surface area contributed by atoms with Crippen LogP contribution in [0.1, 0.15) is 139 Å². The molecule has 0 aliphatic heterocycles. The Bertz CT molecular complexity index is 1050. The maximum atomic E-state index is 2.62. The first-order valence-electron chi connectivity index (χ1n) is 15.3. The summed E-state index contributed by atoms with van der Waals surface area (Å²) in [7, 11) is 0. The van der Waals surface area contributed by atoms with Gasteiger partial charge in [0, 0.05) is 11.8 Å². The van der Waals surface area contributed by atoms with Crippen LogP contribution in [-0.4, -0.2) is 0 Å². The monoisotopic (exact) mass is 496 g/mol. The van der Waals surface area contributed by atoms with Crippen LogP contribution >= 0.6 is 0 Å². The van der Waals surface area contributed by atoms with Crippen molar-refractivity contribution in [2.45, 2.75) is 119 Å². The van der Waals surface area contributed by atoms with E-state index in [4.69, 9.17) is 0 Å². The highest BCUT2D eigenvalue weighted by molar-refractivity contribution is 5.73. The summed E-state index contributed by atoms with van der Waals surface area (Å²) in [6.45, 7) is 19.4. The number of hydrogen-bond donors (Lipinski definition) is 0. The fraction of sp³-hybridized carbons (Fsp3) is 0.568. The fourth-order valence-corrected chi connectivity index (χ4v) is 7.45. The first-order chi connectivity index (χ1) is 17.7. The summed E-state index contributed by atoms with van der Waals surface area (Å²) in [5.74, 6) is 2.27. The number of aryl methyl sites for hydroxylation is 2. The second-order valence-corrected chi connectivity index (χ2v) is 13.4. The average molecular weight is 497 g/mol. The highest BCUT2D eigenvalue weighted by Crippen LogP contribution is 2.60. The van der Waals surface area contributed by atoms with Crippen molar-refractivity contribution in [3.8, 4) is 0 Å². The maximum absolute atomic E-state index is 2.62. The number of rotatable bonds is 12. The normalized spacial score (nSPS) is 18.9. The van der Waals surface area contributed by atoms with Gasteiger partial charge < -0.3 is 0 Å². The Morgan fingerprint density at radius 3 is 1.41 bits per heavy atom. The second-order valence-electron chi connectivity index (χ2n) is 13.4. The van der Waals surface area contributed by atoms with Crippen molar-refractivity contribution in [3.05, 3.63) is 80.9 Å². The molecule has 0 aromatic heterocycles. The van der Waals surface area contributed by atoms with Crippen molar-refractivity contribution in [1.82, 2.24) is 0 Å². The molecule has 200 valence electrons. The molecule has 0 spiro atoms. The summed E-state index contributed by atoms with van der Waals surface area (Å²) in [6.07, 6.45) is 15.1. The van der Waals surface area contributed by atoms with Crippen molar-refractivity contribution in [2.75, 3.05) is 0 Å². The van der Waals surface area contributed by atoms with Gasteiger partial charge in [-0.25, -0.2) is 0 Å². The predicted octanol–water partition coefficient (Wildman–Crippen LogP) is 11.2. The van der Waals surface area contributed by atoms with Crippen LogP contribution in [0.5, 0.6) is 0 Å². The van der Waals surface area contributed by atoms with Gasteiger partial charge in [0.1, 0.15) is 0 Å². The number of fused-ring (bicyclic) bond motifs is 2. The highest BCUT2D eigenvalue weighted by atomic mass is 14.5. The third-order valence-electron chi connectivity index (χ3n) is 8.86. The SMILES string of the molecule is CCCCc1cccc2c1C=C(CC(C)C)C2C(C)(C)C1C(CC(C)C)=Cc2c(CCCC)cccc21. The van der Waals surface area contributed by atoms with Crippen LogP contribution in [0.3, 0.4) is 0 Å². The standard InChI is InChI=1S/C37H52/c1-9-11-15-27-17-13-19-31-33(27)23-29(21-25(3)4)35(31)37(7,8)36-30(22-26(5)6)24-34-28(16-12-10-2)18-14-20-32(34)36/h13-14,17-20,23-26,35-36H,9-12,15-16,21-22H2,1-8H3. The van der Waals surface area contributed by atoms with E-state index < -0.39 is 0 Å². The molecule has 0 N–H and O–H groups in total. The van der Waals surface area contributed by atoms with Gasteiger partial charge in [0.15, 0.2) is 0 Å². The summed E-state index contributed by atoms with van der Waals surface area (Å²) < 4.78 is 0. The van der Waals surface area contributed by atoms with Crippen LogP contribution in [0, 0.1) is 17.3 Å². The van der Waals surface area contributed by atoms with Gasteiger partial charge in [-0.2, -0.15) is 0 Å². The largest absolute Gasteiger partial charge is 0.0654 e. The Morgan fingerprint density at radius 2 is 1.05 bits per heavy atom. The van der Waals surface area contributed by atoms with Crippen molar-refractivity contribution >= 4 is 12.2 Å². The average Bonchev–Trinajstić information content (AvgIpc) is 3.39. The van der Waals surface area contributed by atoms with Crippen molar-refractivity contribution in [3.63, 3.8) is 0 Å². The lowest BCUT2D eigenvalue weighted by atomic mass is 9.61. The van der Waals surface area contributed by atoms with Gasteiger partial charge in [0.05, 0.1) is 0 Å². The minimum Gasteiger partial charge on any atom is -0.0654 e. The minimum atomic E-state index is 0.102. The van der Waals surface area contributed by atoms with E-state index >= 15 is 0 Å². The third-order valence-corrected chi connectivity index (χ3v) is 8.86. The molecule has 0 amide bonds. The van der Waals surface area contributed by atoms with Crippen LogP contribution in [0.4, 0.5) is 0 Å². The van der Waals surface area contributed by atoms with Gasteiger partial charge in [0.25, 0.3) is 0 Å². The zero-order valence-electron chi connectivity index (χ0n) is 25.1. The Labute approximate surface area is 228 Å². The van der Waals surface area contributed by atoms with Crippen LogP contribution in [0.2, 0.25) is 0 Å². The molecule has 2 aliphatic carbocycles. The third kappa shape index (κ3) is 5.69. The molecule has 4 rings (SSSR count). The summed E-state index contributed by atoms with van der Waals surface area (Å²) in [4.78, 5) is 0. The number of benzene rings is 2. The maximum Gasteiger partial charge on any atom is 0.0118 e. The summed E-state index contributed by atoms with van der Waals surface area (Å²) >= 11 is 0. The smallest absolute Gasteiger partial charge is 0.0118 e. The van der Waals surface area contributed by atoms with Gasteiger partial charge in [-0.3, -0.25) is 0 Å². The molecule has 2 aliphatic rings. The van der Waals surface area contributed by atoms with Gasteiger partial charge in [0.2, 0.25) is 0 Å². The fourth-order valence-electron chi connectivity index (χ4n) is 7.45. The molecule has 0 saturated carbocycles. The molecule has 37 heavy (non-hydrogen) atoms. The summed E-state index contributed by atoms with van der Waals surface area (Å²) in [5, 5.41) is 0. The molecule has 2 unspecified atom stereocenters. The van der Waals surface area contributed by atoms with Crippen molar-refractivity contribution in [1.29, 1.82) is 0 Å². The Balaban J connectivity index is 1.83. The van der Waals surface area contributed by atoms with E-state index in [0.29, 0.717) is 23.7 Å². The van der Waals surface area contributed by atoms with Crippen LogP contribution in [0.15, 0.2) is 47.5 Å². The van der Waals surface area contributed by atoms with Gasteiger partial charge in [-0.05, 0) is 89.2 Å². The molecule has 0 heterocycles. The Morgan fingerprint density at radius 1 is 0.649 bits per heavy atom. The van der Waals surface area contributed by atoms with Crippen LogP contribution < -0.4 is 0 Å². The lowest BCUT2D eigenvalue weighted by molar-refractivity contribution is 0.263. The molecule has 0 radical (unpaired) electrons. The number of hydrogen-bond acceptors (Lipinski definition) is 0. The van der Waals surface area contributed by atoms with Gasteiger partial charge >= 0.3 is 0 Å². The van der Waals surface area contributed by atoms with E-state index in [9.17, 15) is 0 Å². The first kappa shape index (κ1) is 27.9. The van der Waals surface area contributed by atoms with Crippen LogP contribution in [-0.2, 0) is 12.8 Å². The summed E-state index contributed by atoms with van der Waals surface area (Å²) in [5.41, 5.74) is 12.8. The first-order valence-corrected chi connectivity index (χ1v) is 15.3. The highest BCUT2D eigenvalue weighted by Gasteiger charge is 2.47. The van der Waals surface area contributed by atoms with Crippen molar-refractivity contribution in [2.24, 2.45) is 17.3 Å². The lowest BCUT2D eigenvalue weighted by Crippen LogP contribution is -2.31. The molecule has 0 nitrogen and oxygen atoms in total.